The van der Waals surface area contributed by atoms with Gasteiger partial charge in [-0.3, -0.25) is 4.99 Å². The van der Waals surface area contributed by atoms with Gasteiger partial charge in [-0.15, -0.1) is 24.0 Å². The lowest BCUT2D eigenvalue weighted by Gasteiger charge is -2.19. The van der Waals surface area contributed by atoms with Gasteiger partial charge in [0.25, 0.3) is 0 Å². The number of halogens is 1. The average Bonchev–Trinajstić information content (AvgIpc) is 3.13. The Balaban J connectivity index is 0.00000288. The first kappa shape index (κ1) is 20.9. The molecule has 0 aliphatic carbocycles. The number of aliphatic hydroxyl groups excluding tert-OH is 1. The van der Waals surface area contributed by atoms with Crippen molar-refractivity contribution in [2.75, 3.05) is 26.7 Å². The summed E-state index contributed by atoms with van der Waals surface area (Å²) in [5.74, 6) is 1.26. The molecule has 1 heterocycles. The smallest absolute Gasteiger partial charge is 0.191 e. The van der Waals surface area contributed by atoms with E-state index < -0.39 is 0 Å². The molecule has 0 aliphatic heterocycles. The van der Waals surface area contributed by atoms with E-state index in [1.54, 1.807) is 18.4 Å². The molecule has 2 rings (SSSR count). The number of aliphatic imine (C=N–C) groups is 1. The fourth-order valence-electron chi connectivity index (χ4n) is 2.38. The molecule has 0 fully saturated rings. The molecule has 2 unspecified atom stereocenters. The van der Waals surface area contributed by atoms with Gasteiger partial charge in [0.2, 0.25) is 0 Å². The Kier molecular flexibility index (Phi) is 9.97. The molecule has 1 aromatic heterocycles. The quantitative estimate of drug-likeness (QED) is 0.338. The van der Waals surface area contributed by atoms with E-state index >= 15 is 0 Å². The minimum absolute atomic E-state index is 0. The van der Waals surface area contributed by atoms with Crippen LogP contribution in [0.2, 0.25) is 0 Å². The van der Waals surface area contributed by atoms with Gasteiger partial charge < -0.3 is 15.7 Å². The van der Waals surface area contributed by atoms with E-state index in [9.17, 15) is 5.11 Å². The second kappa shape index (κ2) is 11.4. The zero-order chi connectivity index (χ0) is 16.5. The fraction of sp³-hybridized carbons (Fsp3) is 0.389. The number of hydrogen-bond acceptors (Lipinski definition) is 3. The first-order valence-corrected chi connectivity index (χ1v) is 8.81. The molecular formula is C18H26IN3OS. The van der Waals surface area contributed by atoms with Gasteiger partial charge in [0, 0.05) is 26.1 Å². The molecule has 0 aliphatic rings. The van der Waals surface area contributed by atoms with Crippen LogP contribution in [-0.2, 0) is 0 Å². The van der Waals surface area contributed by atoms with Crippen molar-refractivity contribution in [1.82, 2.24) is 10.6 Å². The van der Waals surface area contributed by atoms with Crippen molar-refractivity contribution in [3.8, 4) is 0 Å². The second-order valence-corrected chi connectivity index (χ2v) is 6.36. The van der Waals surface area contributed by atoms with E-state index in [4.69, 9.17) is 0 Å². The largest absolute Gasteiger partial charge is 0.396 e. The summed E-state index contributed by atoms with van der Waals surface area (Å²) in [5.41, 5.74) is 2.47. The lowest BCUT2D eigenvalue weighted by molar-refractivity contribution is 0.265. The zero-order valence-corrected chi connectivity index (χ0v) is 17.3. The van der Waals surface area contributed by atoms with E-state index in [0.717, 1.165) is 18.1 Å². The molecule has 2 aromatic rings. The average molecular weight is 459 g/mol. The molecule has 0 saturated heterocycles. The molecular weight excluding hydrogens is 433 g/mol. The van der Waals surface area contributed by atoms with Crippen LogP contribution in [0.1, 0.15) is 29.9 Å². The summed E-state index contributed by atoms with van der Waals surface area (Å²) in [6.07, 6.45) is 0. The molecule has 2 atom stereocenters. The highest BCUT2D eigenvalue weighted by Crippen LogP contribution is 2.17. The Hall–Kier alpha value is -1.12. The molecule has 0 bridgehead atoms. The van der Waals surface area contributed by atoms with Gasteiger partial charge in [0.1, 0.15) is 0 Å². The van der Waals surface area contributed by atoms with Crippen molar-refractivity contribution in [1.29, 1.82) is 0 Å². The van der Waals surface area contributed by atoms with Crippen molar-refractivity contribution >= 4 is 41.3 Å². The number of rotatable bonds is 7. The van der Waals surface area contributed by atoms with Gasteiger partial charge in [-0.1, -0.05) is 37.3 Å². The lowest BCUT2D eigenvalue weighted by atomic mass is 10.0. The van der Waals surface area contributed by atoms with Gasteiger partial charge in [-0.05, 0) is 33.9 Å². The summed E-state index contributed by atoms with van der Waals surface area (Å²) in [6.45, 7) is 3.78. The number of nitrogens with zero attached hydrogens (tertiary/aromatic N) is 1. The third-order valence-corrected chi connectivity index (χ3v) is 4.62. The highest BCUT2D eigenvalue weighted by atomic mass is 127. The lowest BCUT2D eigenvalue weighted by Crippen LogP contribution is -2.41. The Morgan fingerprint density at radius 2 is 1.83 bits per heavy atom. The molecule has 4 nitrogen and oxygen atoms in total. The Bertz CT molecular complexity index is 590. The van der Waals surface area contributed by atoms with Gasteiger partial charge in [-0.25, -0.2) is 0 Å². The fourth-order valence-corrected chi connectivity index (χ4v) is 3.16. The Labute approximate surface area is 165 Å². The van der Waals surface area contributed by atoms with Crippen LogP contribution in [0.4, 0.5) is 0 Å². The molecule has 0 radical (unpaired) electrons. The maximum Gasteiger partial charge on any atom is 0.191 e. The topological polar surface area (TPSA) is 56.7 Å². The third kappa shape index (κ3) is 6.41. The van der Waals surface area contributed by atoms with E-state index in [-0.39, 0.29) is 36.5 Å². The molecule has 0 saturated carbocycles. The van der Waals surface area contributed by atoms with E-state index in [1.807, 2.05) is 30.3 Å². The summed E-state index contributed by atoms with van der Waals surface area (Å²) in [6, 6.07) is 12.2. The first-order chi connectivity index (χ1) is 11.2. The normalized spacial score (nSPS) is 13.7. The molecule has 132 valence electrons. The van der Waals surface area contributed by atoms with Crippen molar-refractivity contribution in [3.63, 3.8) is 0 Å². The van der Waals surface area contributed by atoms with Crippen LogP contribution >= 0.6 is 35.3 Å². The van der Waals surface area contributed by atoms with Gasteiger partial charge >= 0.3 is 0 Å². The van der Waals surface area contributed by atoms with Crippen molar-refractivity contribution in [3.05, 3.63) is 58.3 Å². The van der Waals surface area contributed by atoms with Crippen LogP contribution in [0.25, 0.3) is 0 Å². The summed E-state index contributed by atoms with van der Waals surface area (Å²) in [5, 5.41) is 20.5. The molecule has 6 heteroatoms. The standard InChI is InChI=1S/C18H25N3OS.HI/c1-14(16-8-9-23-13-16)10-20-18(19-2)21-11-17(12-22)15-6-4-3-5-7-15;/h3-9,13-14,17,22H,10-12H2,1-2H3,(H2,19,20,21);1H. The highest BCUT2D eigenvalue weighted by molar-refractivity contribution is 14.0. The molecule has 1 aromatic carbocycles. The van der Waals surface area contributed by atoms with Gasteiger partial charge in [-0.2, -0.15) is 11.3 Å². The number of thiophene rings is 1. The summed E-state index contributed by atoms with van der Waals surface area (Å²) in [4.78, 5) is 4.26. The van der Waals surface area contributed by atoms with Gasteiger partial charge in [0.05, 0.1) is 6.61 Å². The van der Waals surface area contributed by atoms with Crippen LogP contribution in [0.15, 0.2) is 52.2 Å². The van der Waals surface area contributed by atoms with Crippen molar-refractivity contribution in [2.24, 2.45) is 4.99 Å². The summed E-state index contributed by atoms with van der Waals surface area (Å²) in [7, 11) is 1.76. The number of hydrogen-bond donors (Lipinski definition) is 3. The second-order valence-electron chi connectivity index (χ2n) is 5.58. The van der Waals surface area contributed by atoms with Crippen LogP contribution in [0, 0.1) is 0 Å². The van der Waals surface area contributed by atoms with E-state index in [0.29, 0.717) is 12.5 Å². The third-order valence-electron chi connectivity index (χ3n) is 3.92. The predicted molar refractivity (Wildman–Crippen MR) is 114 cm³/mol. The zero-order valence-electron chi connectivity index (χ0n) is 14.1. The molecule has 0 spiro atoms. The number of nitrogens with one attached hydrogen (secondary N) is 2. The Morgan fingerprint density at radius 3 is 2.42 bits per heavy atom. The molecule has 3 N–H and O–H groups in total. The van der Waals surface area contributed by atoms with E-state index in [1.165, 1.54) is 5.56 Å². The van der Waals surface area contributed by atoms with E-state index in [2.05, 4.69) is 39.4 Å². The van der Waals surface area contributed by atoms with Crippen molar-refractivity contribution in [2.45, 2.75) is 18.8 Å². The van der Waals surface area contributed by atoms with Crippen LogP contribution in [0.3, 0.4) is 0 Å². The van der Waals surface area contributed by atoms with Crippen molar-refractivity contribution < 1.29 is 5.11 Å². The van der Waals surface area contributed by atoms with Crippen LogP contribution < -0.4 is 10.6 Å². The summed E-state index contributed by atoms with van der Waals surface area (Å²) < 4.78 is 0. The van der Waals surface area contributed by atoms with Gasteiger partial charge in [0.15, 0.2) is 5.96 Å². The minimum atomic E-state index is 0. The maximum absolute atomic E-state index is 9.61. The number of aliphatic hydroxyl groups is 1. The highest BCUT2D eigenvalue weighted by Gasteiger charge is 2.11. The Morgan fingerprint density at radius 1 is 1.12 bits per heavy atom. The van der Waals surface area contributed by atoms with Crippen LogP contribution in [-0.4, -0.2) is 37.8 Å². The van der Waals surface area contributed by atoms with Crippen LogP contribution in [0.5, 0.6) is 0 Å². The number of guanidine groups is 1. The molecule has 24 heavy (non-hydrogen) atoms. The first-order valence-electron chi connectivity index (χ1n) is 7.87. The number of benzene rings is 1. The predicted octanol–water partition coefficient (Wildman–Crippen LogP) is 3.41. The molecule has 0 amide bonds. The summed E-state index contributed by atoms with van der Waals surface area (Å²) >= 11 is 1.72. The minimum Gasteiger partial charge on any atom is -0.396 e. The maximum atomic E-state index is 9.61. The SMILES string of the molecule is CN=C(NCC(C)c1ccsc1)NCC(CO)c1ccccc1.I. The monoisotopic (exact) mass is 459 g/mol.